The van der Waals surface area contributed by atoms with Gasteiger partial charge in [0.15, 0.2) is 0 Å². The summed E-state index contributed by atoms with van der Waals surface area (Å²) in [5.41, 5.74) is -1.05. The van der Waals surface area contributed by atoms with E-state index in [0.717, 1.165) is 12.8 Å². The molecule has 1 aliphatic carbocycles. The second kappa shape index (κ2) is 7.75. The third-order valence-corrected chi connectivity index (χ3v) is 6.22. The Morgan fingerprint density at radius 1 is 1.36 bits per heavy atom. The molecular formula is C22H21FN6O4. The topological polar surface area (TPSA) is 131 Å². The van der Waals surface area contributed by atoms with E-state index in [2.05, 4.69) is 15.1 Å². The molecule has 0 bridgehead atoms. The molecule has 0 saturated heterocycles. The molecule has 0 amide bonds. The van der Waals surface area contributed by atoms with Gasteiger partial charge in [-0.1, -0.05) is 5.16 Å². The van der Waals surface area contributed by atoms with E-state index in [9.17, 15) is 19.6 Å². The lowest BCUT2D eigenvalue weighted by Crippen LogP contribution is -2.28. The van der Waals surface area contributed by atoms with E-state index in [0.29, 0.717) is 18.4 Å². The first kappa shape index (κ1) is 21.2. The molecule has 3 heterocycles. The Hall–Kier alpha value is -3.62. The number of imidazole rings is 1. The number of rotatable bonds is 5. The van der Waals surface area contributed by atoms with Crippen LogP contribution < -0.4 is 5.56 Å². The number of nitriles is 1. The highest BCUT2D eigenvalue weighted by atomic mass is 19.1. The molecule has 1 atom stereocenters. The SMILES string of the molecule is COCC(C)n1c(=O)c2c(-c3noc(C4(O)CCCC4)n3)ncn2c2ccc(F)c(C#N)c21. The minimum absolute atomic E-state index is 0.0674. The molecule has 170 valence electrons. The summed E-state index contributed by atoms with van der Waals surface area (Å²) in [6, 6.07) is 4.03. The number of methoxy groups -OCH3 is 1. The van der Waals surface area contributed by atoms with Gasteiger partial charge in [0, 0.05) is 7.11 Å². The number of aromatic nitrogens is 5. The monoisotopic (exact) mass is 452 g/mol. The van der Waals surface area contributed by atoms with E-state index < -0.39 is 23.0 Å². The zero-order valence-electron chi connectivity index (χ0n) is 18.1. The summed E-state index contributed by atoms with van der Waals surface area (Å²) in [5, 5.41) is 24.4. The maximum absolute atomic E-state index is 14.5. The van der Waals surface area contributed by atoms with Gasteiger partial charge in [-0.25, -0.2) is 9.37 Å². The normalized spacial score (nSPS) is 16.5. The first-order valence-electron chi connectivity index (χ1n) is 10.6. The molecule has 1 N–H and O–H groups in total. The summed E-state index contributed by atoms with van der Waals surface area (Å²) in [5.74, 6) is -0.563. The Bertz CT molecular complexity index is 1470. The van der Waals surface area contributed by atoms with Crippen molar-refractivity contribution in [1.82, 2.24) is 24.1 Å². The molecule has 10 nitrogen and oxygen atoms in total. The van der Waals surface area contributed by atoms with Gasteiger partial charge in [-0.3, -0.25) is 13.8 Å². The number of aliphatic hydroxyl groups is 1. The highest BCUT2D eigenvalue weighted by Crippen LogP contribution is 2.38. The minimum Gasteiger partial charge on any atom is -0.383 e. The van der Waals surface area contributed by atoms with Crippen LogP contribution in [0.2, 0.25) is 0 Å². The smallest absolute Gasteiger partial charge is 0.278 e. The van der Waals surface area contributed by atoms with Crippen molar-refractivity contribution in [3.05, 3.63) is 46.1 Å². The number of benzene rings is 1. The van der Waals surface area contributed by atoms with Gasteiger partial charge in [0.25, 0.3) is 11.4 Å². The predicted molar refractivity (Wildman–Crippen MR) is 114 cm³/mol. The third kappa shape index (κ3) is 3.13. The summed E-state index contributed by atoms with van der Waals surface area (Å²) in [6.07, 6.45) is 4.15. The maximum atomic E-state index is 14.5. The van der Waals surface area contributed by atoms with E-state index in [1.54, 1.807) is 6.92 Å². The van der Waals surface area contributed by atoms with Gasteiger partial charge in [-0.15, -0.1) is 0 Å². The molecule has 33 heavy (non-hydrogen) atoms. The molecule has 11 heteroatoms. The predicted octanol–water partition coefficient (Wildman–Crippen LogP) is 2.68. The van der Waals surface area contributed by atoms with Gasteiger partial charge in [0.2, 0.25) is 5.82 Å². The second-order valence-corrected chi connectivity index (χ2v) is 8.36. The van der Waals surface area contributed by atoms with Crippen LogP contribution in [0.25, 0.3) is 28.1 Å². The Labute approximate surface area is 186 Å². The van der Waals surface area contributed by atoms with Crippen molar-refractivity contribution >= 4 is 16.6 Å². The standard InChI is InChI=1S/C22H21FN6O4/c1-12(10-32-2)29-17-13(9-24)14(23)5-6-15(17)28-11-25-16(18(28)20(29)30)19-26-21(33-27-19)22(31)7-3-4-8-22/h5-6,11-12,31H,3-4,7-8,10H2,1-2H3. The van der Waals surface area contributed by atoms with Crippen molar-refractivity contribution in [2.24, 2.45) is 0 Å². The lowest BCUT2D eigenvalue weighted by atomic mass is 10.0. The van der Waals surface area contributed by atoms with Crippen molar-refractivity contribution in [2.45, 2.75) is 44.2 Å². The summed E-state index contributed by atoms with van der Waals surface area (Å²) in [7, 11) is 1.49. The lowest BCUT2D eigenvalue weighted by molar-refractivity contribution is 0.0112. The van der Waals surface area contributed by atoms with Crippen LogP contribution in [0, 0.1) is 17.1 Å². The molecular weight excluding hydrogens is 431 g/mol. The van der Waals surface area contributed by atoms with E-state index in [-0.39, 0.29) is 40.6 Å². The molecule has 0 spiro atoms. The first-order chi connectivity index (χ1) is 15.9. The van der Waals surface area contributed by atoms with Crippen LogP contribution >= 0.6 is 0 Å². The summed E-state index contributed by atoms with van der Waals surface area (Å²) in [4.78, 5) is 22.4. The van der Waals surface area contributed by atoms with Crippen molar-refractivity contribution in [3.8, 4) is 17.6 Å². The van der Waals surface area contributed by atoms with Crippen LogP contribution in [0.3, 0.4) is 0 Å². The largest absolute Gasteiger partial charge is 0.383 e. The maximum Gasteiger partial charge on any atom is 0.278 e. The van der Waals surface area contributed by atoms with Crippen molar-refractivity contribution in [2.75, 3.05) is 13.7 Å². The van der Waals surface area contributed by atoms with Crippen LogP contribution in [0.4, 0.5) is 4.39 Å². The summed E-state index contributed by atoms with van der Waals surface area (Å²) < 4.78 is 27.9. The zero-order valence-corrected chi connectivity index (χ0v) is 18.1. The van der Waals surface area contributed by atoms with Gasteiger partial charge in [0.1, 0.15) is 40.6 Å². The quantitative estimate of drug-likeness (QED) is 0.489. The van der Waals surface area contributed by atoms with Crippen LogP contribution in [0.5, 0.6) is 0 Å². The fourth-order valence-corrected chi connectivity index (χ4v) is 4.63. The zero-order chi connectivity index (χ0) is 23.3. The number of nitrogens with zero attached hydrogens (tertiary/aromatic N) is 6. The van der Waals surface area contributed by atoms with Gasteiger partial charge >= 0.3 is 0 Å². The molecule has 0 aliphatic heterocycles. The molecule has 5 rings (SSSR count). The van der Waals surface area contributed by atoms with Crippen LogP contribution in [0.1, 0.15) is 50.1 Å². The number of halogens is 1. The lowest BCUT2D eigenvalue weighted by Gasteiger charge is -2.19. The molecule has 3 aromatic heterocycles. The number of fused-ring (bicyclic) bond motifs is 3. The Balaban J connectivity index is 1.81. The van der Waals surface area contributed by atoms with Crippen LogP contribution in [-0.4, -0.2) is 42.9 Å². The van der Waals surface area contributed by atoms with Gasteiger partial charge in [-0.05, 0) is 44.7 Å². The molecule has 1 aromatic carbocycles. The summed E-state index contributed by atoms with van der Waals surface area (Å²) in [6.45, 7) is 1.90. The van der Waals surface area contributed by atoms with E-state index in [1.807, 2.05) is 6.07 Å². The fourth-order valence-electron chi connectivity index (χ4n) is 4.63. The Kier molecular flexibility index (Phi) is 4.99. The molecule has 1 saturated carbocycles. The molecule has 4 aromatic rings. The molecule has 1 fully saturated rings. The van der Waals surface area contributed by atoms with Gasteiger partial charge < -0.3 is 14.4 Å². The second-order valence-electron chi connectivity index (χ2n) is 8.36. The van der Waals surface area contributed by atoms with Gasteiger partial charge in [-0.2, -0.15) is 10.2 Å². The fraction of sp³-hybridized carbons (Fsp3) is 0.409. The molecule has 1 aliphatic rings. The number of hydrogen-bond acceptors (Lipinski definition) is 8. The third-order valence-electron chi connectivity index (χ3n) is 6.22. The number of ether oxygens (including phenoxy) is 1. The summed E-state index contributed by atoms with van der Waals surface area (Å²) >= 11 is 0. The van der Waals surface area contributed by atoms with Crippen molar-refractivity contribution in [3.63, 3.8) is 0 Å². The highest BCUT2D eigenvalue weighted by Gasteiger charge is 2.39. The van der Waals surface area contributed by atoms with Crippen LogP contribution in [-0.2, 0) is 10.3 Å². The van der Waals surface area contributed by atoms with Crippen molar-refractivity contribution in [1.29, 1.82) is 5.26 Å². The van der Waals surface area contributed by atoms with Crippen LogP contribution in [0.15, 0.2) is 27.8 Å². The highest BCUT2D eigenvalue weighted by molar-refractivity contribution is 5.87. The molecule has 0 radical (unpaired) electrons. The van der Waals surface area contributed by atoms with E-state index in [1.165, 1.54) is 34.5 Å². The first-order valence-corrected chi connectivity index (χ1v) is 10.6. The number of hydrogen-bond donors (Lipinski definition) is 1. The average Bonchev–Trinajstić information content (AvgIpc) is 3.53. The Morgan fingerprint density at radius 2 is 2.12 bits per heavy atom. The molecule has 1 unspecified atom stereocenters. The minimum atomic E-state index is -1.18. The van der Waals surface area contributed by atoms with E-state index >= 15 is 0 Å². The van der Waals surface area contributed by atoms with Crippen molar-refractivity contribution < 1.29 is 18.8 Å². The average molecular weight is 452 g/mol. The van der Waals surface area contributed by atoms with Gasteiger partial charge in [0.05, 0.1) is 23.7 Å². The Morgan fingerprint density at radius 3 is 2.82 bits per heavy atom. The van der Waals surface area contributed by atoms with E-state index in [4.69, 9.17) is 9.26 Å².